The minimum absolute atomic E-state index is 0.826. The lowest BCUT2D eigenvalue weighted by atomic mass is 10.1. The van der Waals surface area contributed by atoms with Gasteiger partial charge in [0.05, 0.1) is 0 Å². The lowest BCUT2D eigenvalue weighted by Crippen LogP contribution is -1.93. The van der Waals surface area contributed by atoms with Crippen LogP contribution in [0.1, 0.15) is 24.3 Å². The number of benzene rings is 1. The average Bonchev–Trinajstić information content (AvgIpc) is 2.77. The van der Waals surface area contributed by atoms with Gasteiger partial charge in [-0.25, -0.2) is 0 Å². The predicted molar refractivity (Wildman–Crippen MR) is 52.8 cm³/mol. The van der Waals surface area contributed by atoms with Gasteiger partial charge < -0.3 is 0 Å². The fourth-order valence-electron chi connectivity index (χ4n) is 1.23. The highest BCUT2D eigenvalue weighted by molar-refractivity contribution is 7.28. The van der Waals surface area contributed by atoms with E-state index in [0.29, 0.717) is 0 Å². The quantitative estimate of drug-likeness (QED) is 0.589. The van der Waals surface area contributed by atoms with E-state index in [2.05, 4.69) is 21.4 Å². The van der Waals surface area contributed by atoms with Crippen molar-refractivity contribution in [2.45, 2.75) is 18.8 Å². The van der Waals surface area contributed by atoms with E-state index in [4.69, 9.17) is 11.6 Å². The van der Waals surface area contributed by atoms with Gasteiger partial charge in [0.15, 0.2) is 0 Å². The smallest absolute Gasteiger partial charge is 0.0477 e. The minimum atomic E-state index is 0.826. The van der Waals surface area contributed by atoms with E-state index in [0.717, 1.165) is 16.2 Å². The second kappa shape index (κ2) is 2.77. The van der Waals surface area contributed by atoms with Crippen LogP contribution in [0, 0.1) is 0 Å². The summed E-state index contributed by atoms with van der Waals surface area (Å²) in [6, 6.07) is 6.29. The molecule has 1 aromatic carbocycles. The van der Waals surface area contributed by atoms with E-state index in [9.17, 15) is 0 Å². The molecule has 0 amide bonds. The normalized spacial score (nSPS) is 16.9. The van der Waals surface area contributed by atoms with Gasteiger partial charge in [-0.1, -0.05) is 23.7 Å². The highest BCUT2D eigenvalue weighted by Crippen LogP contribution is 2.40. The van der Waals surface area contributed by atoms with E-state index < -0.39 is 0 Å². The summed E-state index contributed by atoms with van der Waals surface area (Å²) in [5.74, 6) is 0.826. The average molecular weight is 185 g/mol. The van der Waals surface area contributed by atoms with Crippen LogP contribution in [0.5, 0.6) is 0 Å². The molecule has 1 aliphatic carbocycles. The maximum Gasteiger partial charge on any atom is 0.0477 e. The Bertz CT molecular complexity index is 279. The summed E-state index contributed by atoms with van der Waals surface area (Å²) in [6.45, 7) is 0. The fourth-order valence-corrected chi connectivity index (χ4v) is 1.64. The summed E-state index contributed by atoms with van der Waals surface area (Å²) in [5.41, 5.74) is 1.44. The van der Waals surface area contributed by atoms with Crippen LogP contribution in [0.25, 0.3) is 0 Å². The molecule has 0 aromatic heterocycles. The summed E-state index contributed by atoms with van der Waals surface area (Å²) in [4.78, 5) is 0. The number of halogens is 1. The molecule has 0 nitrogen and oxygen atoms in total. The molecule has 1 aliphatic rings. The molecule has 1 atom stereocenters. The molecular formula is C9H10ClP. The molecule has 0 spiro atoms. The first-order chi connectivity index (χ1) is 5.27. The Hall–Kier alpha value is -0.0600. The van der Waals surface area contributed by atoms with Crippen molar-refractivity contribution in [2.75, 3.05) is 0 Å². The van der Waals surface area contributed by atoms with Crippen molar-refractivity contribution in [3.05, 3.63) is 28.8 Å². The summed E-state index contributed by atoms with van der Waals surface area (Å²) in [5, 5.41) is 1.97. The zero-order chi connectivity index (χ0) is 7.84. The lowest BCUT2D eigenvalue weighted by Gasteiger charge is -2.00. The van der Waals surface area contributed by atoms with E-state index in [-0.39, 0.29) is 0 Å². The van der Waals surface area contributed by atoms with Gasteiger partial charge in [0.1, 0.15) is 0 Å². The molecule has 1 fully saturated rings. The van der Waals surface area contributed by atoms with E-state index in [1.165, 1.54) is 18.4 Å². The van der Waals surface area contributed by atoms with Gasteiger partial charge in [-0.15, -0.1) is 9.24 Å². The molecule has 0 saturated heterocycles. The molecule has 0 heterocycles. The molecule has 2 heteroatoms. The van der Waals surface area contributed by atoms with Crippen molar-refractivity contribution in [1.29, 1.82) is 0 Å². The zero-order valence-electron chi connectivity index (χ0n) is 6.18. The Morgan fingerprint density at radius 3 is 2.64 bits per heavy atom. The van der Waals surface area contributed by atoms with Crippen molar-refractivity contribution in [2.24, 2.45) is 0 Å². The van der Waals surface area contributed by atoms with Crippen LogP contribution in [0.3, 0.4) is 0 Å². The Kier molecular flexibility index (Phi) is 1.91. The summed E-state index contributed by atoms with van der Waals surface area (Å²) >= 11 is 5.88. The third-order valence-corrected chi connectivity index (χ3v) is 3.07. The van der Waals surface area contributed by atoms with Gasteiger partial charge in [0.2, 0.25) is 0 Å². The van der Waals surface area contributed by atoms with Crippen LogP contribution >= 0.6 is 20.8 Å². The van der Waals surface area contributed by atoms with Crippen LogP contribution in [-0.2, 0) is 0 Å². The first kappa shape index (κ1) is 7.58. The molecule has 1 aromatic rings. The van der Waals surface area contributed by atoms with Crippen molar-refractivity contribution >= 4 is 26.1 Å². The topological polar surface area (TPSA) is 0 Å². The molecule has 2 rings (SSSR count). The summed E-state index contributed by atoms with van der Waals surface area (Å²) < 4.78 is 0. The predicted octanol–water partition coefficient (Wildman–Crippen LogP) is 2.72. The summed E-state index contributed by atoms with van der Waals surface area (Å²) in [6.07, 6.45) is 2.71. The Morgan fingerprint density at radius 1 is 1.36 bits per heavy atom. The van der Waals surface area contributed by atoms with Gasteiger partial charge in [-0.2, -0.15) is 0 Å². The SMILES string of the molecule is Pc1cc(C2CC2)ccc1Cl. The number of rotatable bonds is 1. The molecule has 1 saturated carbocycles. The Balaban J connectivity index is 2.36. The van der Waals surface area contributed by atoms with Crippen LogP contribution < -0.4 is 5.30 Å². The highest BCUT2D eigenvalue weighted by Gasteiger charge is 2.23. The summed E-state index contributed by atoms with van der Waals surface area (Å²) in [7, 11) is 2.66. The molecule has 0 bridgehead atoms. The van der Waals surface area contributed by atoms with Crippen LogP contribution in [-0.4, -0.2) is 0 Å². The van der Waals surface area contributed by atoms with Crippen LogP contribution in [0.2, 0.25) is 5.02 Å². The zero-order valence-corrected chi connectivity index (χ0v) is 8.09. The number of hydrogen-bond donors (Lipinski definition) is 0. The lowest BCUT2D eigenvalue weighted by molar-refractivity contribution is 1.13. The molecule has 58 valence electrons. The van der Waals surface area contributed by atoms with Crippen molar-refractivity contribution in [3.63, 3.8) is 0 Å². The number of hydrogen-bond acceptors (Lipinski definition) is 0. The van der Waals surface area contributed by atoms with E-state index in [1.807, 2.05) is 6.07 Å². The minimum Gasteiger partial charge on any atom is -0.104 e. The van der Waals surface area contributed by atoms with Gasteiger partial charge in [0.25, 0.3) is 0 Å². The van der Waals surface area contributed by atoms with Crippen molar-refractivity contribution in [3.8, 4) is 0 Å². The highest BCUT2D eigenvalue weighted by atomic mass is 35.5. The Morgan fingerprint density at radius 2 is 2.09 bits per heavy atom. The van der Waals surface area contributed by atoms with Crippen LogP contribution in [0.4, 0.5) is 0 Å². The molecule has 0 radical (unpaired) electrons. The third-order valence-electron chi connectivity index (χ3n) is 2.07. The van der Waals surface area contributed by atoms with E-state index in [1.54, 1.807) is 0 Å². The monoisotopic (exact) mass is 184 g/mol. The molecule has 0 aliphatic heterocycles. The van der Waals surface area contributed by atoms with Gasteiger partial charge >= 0.3 is 0 Å². The maximum absolute atomic E-state index is 5.88. The van der Waals surface area contributed by atoms with Gasteiger partial charge in [-0.05, 0) is 35.7 Å². The van der Waals surface area contributed by atoms with Crippen molar-refractivity contribution in [1.82, 2.24) is 0 Å². The standard InChI is InChI=1S/C9H10ClP/c10-8-4-3-7(5-9(8)11)6-1-2-6/h3-6H,1-2,11H2. The second-order valence-corrected chi connectivity index (χ2v) is 4.08. The Labute approximate surface area is 74.2 Å². The second-order valence-electron chi connectivity index (χ2n) is 3.06. The molecule has 11 heavy (non-hydrogen) atoms. The fraction of sp³-hybridized carbons (Fsp3) is 0.333. The van der Waals surface area contributed by atoms with Crippen LogP contribution in [0.15, 0.2) is 18.2 Å². The largest absolute Gasteiger partial charge is 0.104 e. The van der Waals surface area contributed by atoms with E-state index >= 15 is 0 Å². The van der Waals surface area contributed by atoms with Crippen molar-refractivity contribution < 1.29 is 0 Å². The first-order valence-corrected chi connectivity index (χ1v) is 4.78. The molecule has 0 N–H and O–H groups in total. The third kappa shape index (κ3) is 1.58. The first-order valence-electron chi connectivity index (χ1n) is 3.82. The van der Waals surface area contributed by atoms with Gasteiger partial charge in [-0.3, -0.25) is 0 Å². The molecular weight excluding hydrogens is 175 g/mol. The van der Waals surface area contributed by atoms with Gasteiger partial charge in [0, 0.05) is 5.02 Å². The maximum atomic E-state index is 5.88. The molecule has 1 unspecified atom stereocenters.